The van der Waals surface area contributed by atoms with Gasteiger partial charge in [-0.25, -0.2) is 0 Å². The lowest BCUT2D eigenvalue weighted by Gasteiger charge is -2.37. The van der Waals surface area contributed by atoms with E-state index in [1.165, 1.54) is 0 Å². The smallest absolute Gasteiger partial charge is 0.311 e. The molecule has 0 radical (unpaired) electrons. The number of carboxylic acids is 1. The lowest BCUT2D eigenvalue weighted by molar-refractivity contribution is -0.153. The van der Waals surface area contributed by atoms with E-state index in [2.05, 4.69) is 10.5 Å². The van der Waals surface area contributed by atoms with Gasteiger partial charge >= 0.3 is 5.97 Å². The molecule has 0 bridgehead atoms. The summed E-state index contributed by atoms with van der Waals surface area (Å²) < 4.78 is 4.91. The zero-order chi connectivity index (χ0) is 13.3. The SMILES string of the molecule is Cc1noc(C)c1C(=O)NCC1(C(=O)O)CCC1. The lowest BCUT2D eigenvalue weighted by atomic mass is 9.69. The van der Waals surface area contributed by atoms with Crippen LogP contribution in [0.1, 0.15) is 41.1 Å². The van der Waals surface area contributed by atoms with Gasteiger partial charge in [0.1, 0.15) is 11.3 Å². The predicted molar refractivity (Wildman–Crippen MR) is 62.2 cm³/mol. The van der Waals surface area contributed by atoms with Crippen molar-refractivity contribution in [2.45, 2.75) is 33.1 Å². The Morgan fingerprint density at radius 1 is 1.44 bits per heavy atom. The largest absolute Gasteiger partial charge is 0.481 e. The van der Waals surface area contributed by atoms with E-state index >= 15 is 0 Å². The molecule has 18 heavy (non-hydrogen) atoms. The van der Waals surface area contributed by atoms with Crippen LogP contribution in [0, 0.1) is 19.3 Å². The number of hydrogen-bond acceptors (Lipinski definition) is 4. The van der Waals surface area contributed by atoms with Crippen molar-refractivity contribution >= 4 is 11.9 Å². The first kappa shape index (κ1) is 12.6. The summed E-state index contributed by atoms with van der Waals surface area (Å²) in [6, 6.07) is 0. The average molecular weight is 252 g/mol. The van der Waals surface area contributed by atoms with Gasteiger partial charge in [0, 0.05) is 6.54 Å². The highest BCUT2D eigenvalue weighted by Crippen LogP contribution is 2.40. The average Bonchev–Trinajstić information content (AvgIpc) is 2.56. The van der Waals surface area contributed by atoms with Crippen molar-refractivity contribution < 1.29 is 19.2 Å². The van der Waals surface area contributed by atoms with Crippen molar-refractivity contribution in [3.05, 3.63) is 17.0 Å². The topological polar surface area (TPSA) is 92.4 Å². The van der Waals surface area contributed by atoms with Gasteiger partial charge in [0.2, 0.25) is 0 Å². The number of carbonyl (C=O) groups excluding carboxylic acids is 1. The number of carboxylic acid groups (broad SMARTS) is 1. The van der Waals surface area contributed by atoms with Gasteiger partial charge in [-0.15, -0.1) is 0 Å². The molecule has 0 spiro atoms. The fourth-order valence-corrected chi connectivity index (χ4v) is 2.21. The molecule has 1 aromatic heterocycles. The van der Waals surface area contributed by atoms with Gasteiger partial charge in [-0.2, -0.15) is 0 Å². The minimum Gasteiger partial charge on any atom is -0.481 e. The number of carbonyl (C=O) groups is 2. The molecule has 1 fully saturated rings. The molecule has 1 saturated carbocycles. The molecule has 0 atom stereocenters. The molecule has 1 heterocycles. The third kappa shape index (κ3) is 1.98. The van der Waals surface area contributed by atoms with Crippen molar-refractivity contribution in [2.24, 2.45) is 5.41 Å². The molecule has 98 valence electrons. The van der Waals surface area contributed by atoms with E-state index in [4.69, 9.17) is 9.63 Å². The van der Waals surface area contributed by atoms with Crippen LogP contribution in [-0.2, 0) is 4.79 Å². The third-order valence-electron chi connectivity index (χ3n) is 3.61. The van der Waals surface area contributed by atoms with Gasteiger partial charge in [0.05, 0.1) is 11.1 Å². The first-order valence-electron chi connectivity index (χ1n) is 5.91. The maximum Gasteiger partial charge on any atom is 0.311 e. The van der Waals surface area contributed by atoms with Gasteiger partial charge in [0.25, 0.3) is 5.91 Å². The van der Waals surface area contributed by atoms with Crippen molar-refractivity contribution in [3.63, 3.8) is 0 Å². The lowest BCUT2D eigenvalue weighted by Crippen LogP contribution is -2.47. The zero-order valence-corrected chi connectivity index (χ0v) is 10.4. The Hall–Kier alpha value is -1.85. The number of nitrogens with one attached hydrogen (secondary N) is 1. The second kappa shape index (κ2) is 4.44. The molecular weight excluding hydrogens is 236 g/mol. The summed E-state index contributed by atoms with van der Waals surface area (Å²) in [5.41, 5.74) is 0.132. The first-order chi connectivity index (χ1) is 8.46. The maximum absolute atomic E-state index is 12.0. The standard InChI is InChI=1S/C12H16N2O4/c1-7-9(8(2)18-14-7)10(15)13-6-12(11(16)17)4-3-5-12/h3-6H2,1-2H3,(H,13,15)(H,16,17). The van der Waals surface area contributed by atoms with Crippen molar-refractivity contribution in [1.29, 1.82) is 0 Å². The molecule has 1 aliphatic carbocycles. The number of hydrogen-bond donors (Lipinski definition) is 2. The summed E-state index contributed by atoms with van der Waals surface area (Å²) in [5.74, 6) is -0.713. The molecule has 2 rings (SSSR count). The third-order valence-corrected chi connectivity index (χ3v) is 3.61. The van der Waals surface area contributed by atoms with Gasteiger partial charge in [0.15, 0.2) is 0 Å². The number of aryl methyl sites for hydroxylation is 2. The normalized spacial score (nSPS) is 17.0. The minimum absolute atomic E-state index is 0.158. The molecule has 6 nitrogen and oxygen atoms in total. The summed E-state index contributed by atoms with van der Waals surface area (Å²) >= 11 is 0. The van der Waals surface area contributed by atoms with Crippen LogP contribution in [0.15, 0.2) is 4.52 Å². The molecule has 1 amide bonds. The highest BCUT2D eigenvalue weighted by molar-refractivity contribution is 5.96. The van der Waals surface area contributed by atoms with Gasteiger partial charge < -0.3 is 14.9 Å². The number of aromatic nitrogens is 1. The molecule has 1 aliphatic rings. The Morgan fingerprint density at radius 3 is 2.50 bits per heavy atom. The van der Waals surface area contributed by atoms with Crippen LogP contribution in [0.3, 0.4) is 0 Å². The van der Waals surface area contributed by atoms with Crippen molar-refractivity contribution in [2.75, 3.05) is 6.54 Å². The number of rotatable bonds is 4. The van der Waals surface area contributed by atoms with Gasteiger partial charge in [-0.3, -0.25) is 9.59 Å². The van der Waals surface area contributed by atoms with E-state index in [0.717, 1.165) is 6.42 Å². The van der Waals surface area contributed by atoms with E-state index in [1.807, 2.05) is 0 Å². The van der Waals surface area contributed by atoms with Crippen molar-refractivity contribution in [1.82, 2.24) is 10.5 Å². The summed E-state index contributed by atoms with van der Waals surface area (Å²) in [7, 11) is 0. The fourth-order valence-electron chi connectivity index (χ4n) is 2.21. The van der Waals surface area contributed by atoms with E-state index in [-0.39, 0.29) is 12.5 Å². The van der Waals surface area contributed by atoms with Crippen LogP contribution in [0.4, 0.5) is 0 Å². The van der Waals surface area contributed by atoms with Gasteiger partial charge in [-0.05, 0) is 26.7 Å². The Bertz CT molecular complexity index is 469. The van der Waals surface area contributed by atoms with Crippen LogP contribution in [-0.4, -0.2) is 28.7 Å². The zero-order valence-electron chi connectivity index (χ0n) is 10.4. The van der Waals surface area contributed by atoms with Gasteiger partial charge in [-0.1, -0.05) is 11.6 Å². The number of amides is 1. The summed E-state index contributed by atoms with van der Waals surface area (Å²) in [5, 5.41) is 15.5. The number of nitrogens with zero attached hydrogens (tertiary/aromatic N) is 1. The first-order valence-corrected chi connectivity index (χ1v) is 5.91. The second-order valence-electron chi connectivity index (χ2n) is 4.82. The second-order valence-corrected chi connectivity index (χ2v) is 4.82. The number of aliphatic carboxylic acids is 1. The molecule has 1 aromatic rings. The Morgan fingerprint density at radius 2 is 2.11 bits per heavy atom. The van der Waals surface area contributed by atoms with E-state index < -0.39 is 11.4 Å². The van der Waals surface area contributed by atoms with E-state index in [1.54, 1.807) is 13.8 Å². The molecular formula is C12H16N2O4. The Kier molecular flexibility index (Phi) is 3.11. The molecule has 0 aromatic carbocycles. The summed E-state index contributed by atoms with van der Waals surface area (Å²) in [6.07, 6.45) is 2.13. The maximum atomic E-state index is 12.0. The van der Waals surface area contributed by atoms with Crippen LogP contribution >= 0.6 is 0 Å². The minimum atomic E-state index is -0.840. The fraction of sp³-hybridized carbons (Fsp3) is 0.583. The predicted octanol–water partition coefficient (Wildman–Crippen LogP) is 1.28. The van der Waals surface area contributed by atoms with Crippen molar-refractivity contribution in [3.8, 4) is 0 Å². The molecule has 0 saturated heterocycles. The highest BCUT2D eigenvalue weighted by Gasteiger charge is 2.44. The highest BCUT2D eigenvalue weighted by atomic mass is 16.5. The summed E-state index contributed by atoms with van der Waals surface area (Å²) in [6.45, 7) is 3.50. The van der Waals surface area contributed by atoms with Crippen LogP contribution < -0.4 is 5.32 Å². The molecule has 2 N–H and O–H groups in total. The molecule has 0 aliphatic heterocycles. The monoisotopic (exact) mass is 252 g/mol. The quantitative estimate of drug-likeness (QED) is 0.842. The van der Waals surface area contributed by atoms with E-state index in [9.17, 15) is 9.59 Å². The Labute approximate surface area is 104 Å². The van der Waals surface area contributed by atoms with E-state index in [0.29, 0.717) is 29.9 Å². The van der Waals surface area contributed by atoms with Crippen LogP contribution in [0.5, 0.6) is 0 Å². The molecule has 6 heteroatoms. The summed E-state index contributed by atoms with van der Waals surface area (Å²) in [4.78, 5) is 23.1. The van der Waals surface area contributed by atoms with Crippen LogP contribution in [0.2, 0.25) is 0 Å². The Balaban J connectivity index is 2.03. The molecule has 0 unspecified atom stereocenters. The van der Waals surface area contributed by atoms with Crippen LogP contribution in [0.25, 0.3) is 0 Å².